The van der Waals surface area contributed by atoms with Gasteiger partial charge in [-0.25, -0.2) is 4.39 Å². The summed E-state index contributed by atoms with van der Waals surface area (Å²) < 4.78 is 26.7. The van der Waals surface area contributed by atoms with Gasteiger partial charge in [0, 0.05) is 42.8 Å². The van der Waals surface area contributed by atoms with Crippen LogP contribution in [-0.4, -0.2) is 72.7 Å². The highest BCUT2D eigenvalue weighted by atomic mass is 35.5. The molecular formula is C28H36ClFN2O5. The fourth-order valence-corrected chi connectivity index (χ4v) is 5.77. The monoisotopic (exact) mass is 534 g/mol. The van der Waals surface area contributed by atoms with Crippen LogP contribution in [0.3, 0.4) is 0 Å². The van der Waals surface area contributed by atoms with Gasteiger partial charge in [-0.15, -0.1) is 0 Å². The lowest BCUT2D eigenvalue weighted by Gasteiger charge is -2.43. The third-order valence-electron chi connectivity index (χ3n) is 7.59. The molecule has 2 aromatic rings. The summed E-state index contributed by atoms with van der Waals surface area (Å²) in [6, 6.07) is 11.1. The molecule has 2 aromatic carbocycles. The molecule has 4 N–H and O–H groups in total. The van der Waals surface area contributed by atoms with Gasteiger partial charge in [-0.05, 0) is 61.4 Å². The minimum absolute atomic E-state index is 0.101. The second kappa shape index (κ2) is 12.2. The average Bonchev–Trinajstić information content (AvgIpc) is 3.23. The minimum Gasteiger partial charge on any atom is -0.391 e. The molecule has 1 heterocycles. The number of hydrogen-bond donors (Lipinski definition) is 3. The number of halogens is 2. The summed E-state index contributed by atoms with van der Waals surface area (Å²) >= 11 is 6.22. The average molecular weight is 535 g/mol. The Balaban J connectivity index is 1.68. The van der Waals surface area contributed by atoms with E-state index in [-0.39, 0.29) is 37.0 Å². The predicted molar refractivity (Wildman–Crippen MR) is 139 cm³/mol. The zero-order valence-electron chi connectivity index (χ0n) is 21.1. The van der Waals surface area contributed by atoms with Crippen LogP contribution < -0.4 is 5.73 Å². The van der Waals surface area contributed by atoms with Crippen LogP contribution in [0.15, 0.2) is 42.5 Å². The van der Waals surface area contributed by atoms with Crippen molar-refractivity contribution in [3.05, 3.63) is 58.9 Å². The van der Waals surface area contributed by atoms with E-state index in [4.69, 9.17) is 26.8 Å². The van der Waals surface area contributed by atoms with Crippen molar-refractivity contribution < 1.29 is 28.9 Å². The van der Waals surface area contributed by atoms with Gasteiger partial charge in [0.05, 0.1) is 19.3 Å². The first-order valence-corrected chi connectivity index (χ1v) is 13.2. The molecule has 1 saturated carbocycles. The molecule has 1 saturated heterocycles. The molecule has 0 radical (unpaired) electrons. The van der Waals surface area contributed by atoms with Crippen LogP contribution in [0.5, 0.6) is 0 Å². The Morgan fingerprint density at radius 3 is 2.76 bits per heavy atom. The maximum absolute atomic E-state index is 15.4. The molecule has 5 unspecified atom stereocenters. The first kappa shape index (κ1) is 28.0. The Kier molecular flexibility index (Phi) is 9.21. The second-order valence-electron chi connectivity index (χ2n) is 10.1. The Morgan fingerprint density at radius 2 is 2.05 bits per heavy atom. The van der Waals surface area contributed by atoms with Crippen molar-refractivity contribution in [2.75, 3.05) is 33.4 Å². The number of amides is 1. The summed E-state index contributed by atoms with van der Waals surface area (Å²) in [4.78, 5) is 15.0. The molecule has 37 heavy (non-hydrogen) atoms. The normalized spacial score (nSPS) is 25.7. The second-order valence-corrected chi connectivity index (χ2v) is 10.5. The first-order valence-electron chi connectivity index (χ1n) is 12.8. The lowest BCUT2D eigenvalue weighted by atomic mass is 9.78. The largest absolute Gasteiger partial charge is 0.391 e. The summed E-state index contributed by atoms with van der Waals surface area (Å²) in [5.41, 5.74) is 5.56. The first-order chi connectivity index (χ1) is 17.7. The van der Waals surface area contributed by atoms with E-state index in [9.17, 15) is 15.0 Å². The molecule has 7 nitrogen and oxygen atoms in total. The Morgan fingerprint density at radius 1 is 1.27 bits per heavy atom. The van der Waals surface area contributed by atoms with E-state index in [0.717, 1.165) is 0 Å². The molecule has 1 aliphatic carbocycles. The van der Waals surface area contributed by atoms with E-state index in [1.807, 2.05) is 0 Å². The third-order valence-corrected chi connectivity index (χ3v) is 7.82. The van der Waals surface area contributed by atoms with Crippen LogP contribution in [0.25, 0.3) is 11.1 Å². The molecule has 1 amide bonds. The summed E-state index contributed by atoms with van der Waals surface area (Å²) in [5, 5.41) is 22.8. The number of methoxy groups -OCH3 is 1. The molecule has 202 valence electrons. The van der Waals surface area contributed by atoms with E-state index in [2.05, 4.69) is 0 Å². The number of benzene rings is 2. The number of nitrogens with zero attached hydrogens (tertiary/aromatic N) is 1. The third kappa shape index (κ3) is 6.16. The summed E-state index contributed by atoms with van der Waals surface area (Å²) in [6.45, 7) is 1.29. The fourth-order valence-electron chi connectivity index (χ4n) is 5.58. The van der Waals surface area contributed by atoms with Crippen molar-refractivity contribution in [1.82, 2.24) is 4.90 Å². The molecule has 4 rings (SSSR count). The van der Waals surface area contributed by atoms with Crippen LogP contribution >= 0.6 is 11.6 Å². The van der Waals surface area contributed by atoms with Gasteiger partial charge in [0.2, 0.25) is 5.91 Å². The van der Waals surface area contributed by atoms with Crippen molar-refractivity contribution in [1.29, 1.82) is 0 Å². The molecule has 2 aliphatic rings. The Labute approximate surface area is 222 Å². The number of hydrogen-bond acceptors (Lipinski definition) is 6. The maximum Gasteiger partial charge on any atom is 0.226 e. The highest BCUT2D eigenvalue weighted by Crippen LogP contribution is 2.42. The van der Waals surface area contributed by atoms with Crippen LogP contribution in [0, 0.1) is 11.7 Å². The van der Waals surface area contributed by atoms with Crippen molar-refractivity contribution in [2.24, 2.45) is 11.7 Å². The smallest absolute Gasteiger partial charge is 0.226 e. The van der Waals surface area contributed by atoms with Crippen molar-refractivity contribution in [2.45, 2.75) is 56.0 Å². The van der Waals surface area contributed by atoms with Gasteiger partial charge < -0.3 is 30.3 Å². The van der Waals surface area contributed by atoms with Gasteiger partial charge >= 0.3 is 0 Å². The van der Waals surface area contributed by atoms with Gasteiger partial charge in [0.25, 0.3) is 0 Å². The van der Waals surface area contributed by atoms with E-state index in [1.54, 1.807) is 48.4 Å². The van der Waals surface area contributed by atoms with Crippen LogP contribution in [-0.2, 0) is 19.9 Å². The van der Waals surface area contributed by atoms with Crippen molar-refractivity contribution >= 4 is 17.5 Å². The number of carbonyl (C=O) groups excluding carboxylic acids is 1. The van der Waals surface area contributed by atoms with Gasteiger partial charge in [0.15, 0.2) is 0 Å². The van der Waals surface area contributed by atoms with Gasteiger partial charge in [-0.1, -0.05) is 35.9 Å². The number of carbonyl (C=O) groups is 1. The van der Waals surface area contributed by atoms with Crippen LogP contribution in [0.2, 0.25) is 5.02 Å². The summed E-state index contributed by atoms with van der Waals surface area (Å²) in [7, 11) is 1.62. The SMILES string of the molecule is COCCCCC(O)(c1cccc(F)c1-c1cccc(Cl)c1)C1CN(C(=O)C2CC(N)C(O)C2)CCO1. The standard InChI is InChI=1S/C28H36ClFN2O5/c1-36-12-3-2-10-28(35,21-8-5-9-22(30)26(21)18-6-4-7-20(29)14-18)25-17-32(11-13-37-25)27(34)19-15-23(31)24(33)16-19/h4-9,14,19,23-25,33,35H,2-3,10-13,15-17,31H2,1H3. The zero-order valence-corrected chi connectivity index (χ0v) is 21.9. The maximum atomic E-state index is 15.4. The molecule has 9 heteroatoms. The van der Waals surface area contributed by atoms with Gasteiger partial charge in [-0.3, -0.25) is 4.79 Å². The number of aliphatic hydroxyl groups is 2. The zero-order chi connectivity index (χ0) is 26.6. The molecule has 1 aliphatic heterocycles. The van der Waals surface area contributed by atoms with Crippen molar-refractivity contribution in [3.8, 4) is 11.1 Å². The molecule has 0 aromatic heterocycles. The predicted octanol–water partition coefficient (Wildman–Crippen LogP) is 3.48. The number of nitrogens with two attached hydrogens (primary N) is 1. The van der Waals surface area contributed by atoms with E-state index >= 15 is 4.39 Å². The summed E-state index contributed by atoms with van der Waals surface area (Å²) in [6.07, 6.45) is 0.857. The highest BCUT2D eigenvalue weighted by Gasteiger charge is 2.46. The molecule has 5 atom stereocenters. The number of aliphatic hydroxyl groups excluding tert-OH is 1. The molecule has 0 spiro atoms. The quantitative estimate of drug-likeness (QED) is 0.425. The summed E-state index contributed by atoms with van der Waals surface area (Å²) in [5.74, 6) is -0.946. The number of rotatable bonds is 9. The molecule has 0 bridgehead atoms. The van der Waals surface area contributed by atoms with Crippen LogP contribution in [0.1, 0.15) is 37.7 Å². The topological polar surface area (TPSA) is 105 Å². The Hall–Kier alpha value is -2.07. The lowest BCUT2D eigenvalue weighted by Crippen LogP contribution is -2.55. The Bertz CT molecular complexity index is 1080. The van der Waals surface area contributed by atoms with E-state index < -0.39 is 29.7 Å². The van der Waals surface area contributed by atoms with Gasteiger partial charge in [0.1, 0.15) is 17.5 Å². The minimum atomic E-state index is -1.59. The fraction of sp³-hybridized carbons (Fsp3) is 0.536. The van der Waals surface area contributed by atoms with Gasteiger partial charge in [-0.2, -0.15) is 0 Å². The lowest BCUT2D eigenvalue weighted by molar-refractivity contribution is -0.167. The number of morpholine rings is 1. The van der Waals surface area contributed by atoms with E-state index in [1.165, 1.54) is 6.07 Å². The number of ether oxygens (including phenoxy) is 2. The molecule has 2 fully saturated rings. The van der Waals surface area contributed by atoms with Crippen molar-refractivity contribution in [3.63, 3.8) is 0 Å². The number of unbranched alkanes of at least 4 members (excludes halogenated alkanes) is 1. The highest BCUT2D eigenvalue weighted by molar-refractivity contribution is 6.30. The van der Waals surface area contributed by atoms with E-state index in [0.29, 0.717) is 55.0 Å². The van der Waals surface area contributed by atoms with Crippen LogP contribution in [0.4, 0.5) is 4.39 Å². The molecular weight excluding hydrogens is 499 g/mol.